The van der Waals surface area contributed by atoms with Crippen molar-refractivity contribution in [2.75, 3.05) is 0 Å². The molecule has 2 N–H and O–H groups in total. The molecule has 0 aliphatic rings. The number of nitrogens with zero attached hydrogens (tertiary/aromatic N) is 3. The molecule has 1 aromatic heterocycles. The Hall–Kier alpha value is -4.01. The SMILES string of the molecule is CCc1c(C(=O)NNC(=O)c2ccc([N+](=O)[O-])cc2)cnn1-c1ccc(C)cc1. The van der Waals surface area contributed by atoms with E-state index in [4.69, 9.17) is 0 Å². The van der Waals surface area contributed by atoms with E-state index < -0.39 is 16.7 Å². The van der Waals surface area contributed by atoms with Gasteiger partial charge in [-0.2, -0.15) is 5.10 Å². The van der Waals surface area contributed by atoms with E-state index >= 15 is 0 Å². The van der Waals surface area contributed by atoms with Crippen molar-refractivity contribution in [3.8, 4) is 5.69 Å². The van der Waals surface area contributed by atoms with Gasteiger partial charge in [0.25, 0.3) is 17.5 Å². The predicted octanol–water partition coefficient (Wildman–Crippen LogP) is 2.73. The van der Waals surface area contributed by atoms with Crippen molar-refractivity contribution in [3.63, 3.8) is 0 Å². The van der Waals surface area contributed by atoms with Crippen molar-refractivity contribution in [1.82, 2.24) is 20.6 Å². The normalized spacial score (nSPS) is 10.4. The molecule has 0 aliphatic carbocycles. The van der Waals surface area contributed by atoms with Gasteiger partial charge in [-0.25, -0.2) is 4.68 Å². The van der Waals surface area contributed by atoms with Crippen LogP contribution in [0.25, 0.3) is 5.69 Å². The van der Waals surface area contributed by atoms with Crippen LogP contribution in [-0.4, -0.2) is 26.5 Å². The van der Waals surface area contributed by atoms with E-state index in [1.165, 1.54) is 30.5 Å². The number of nitro groups is 1. The number of benzene rings is 2. The lowest BCUT2D eigenvalue weighted by Gasteiger charge is -2.10. The molecule has 29 heavy (non-hydrogen) atoms. The third-order valence-corrected chi connectivity index (χ3v) is 4.36. The number of aromatic nitrogens is 2. The summed E-state index contributed by atoms with van der Waals surface area (Å²) in [6.07, 6.45) is 2.01. The van der Waals surface area contributed by atoms with Gasteiger partial charge in [0.1, 0.15) is 0 Å². The van der Waals surface area contributed by atoms with Gasteiger partial charge in [0.15, 0.2) is 0 Å². The maximum atomic E-state index is 12.5. The Morgan fingerprint density at radius 1 is 1.03 bits per heavy atom. The van der Waals surface area contributed by atoms with Crippen LogP contribution in [0, 0.1) is 17.0 Å². The zero-order valence-electron chi connectivity index (χ0n) is 15.9. The van der Waals surface area contributed by atoms with Gasteiger partial charge in [0, 0.05) is 17.7 Å². The van der Waals surface area contributed by atoms with Gasteiger partial charge < -0.3 is 0 Å². The number of aryl methyl sites for hydroxylation is 1. The van der Waals surface area contributed by atoms with Gasteiger partial charge in [-0.3, -0.25) is 30.6 Å². The lowest BCUT2D eigenvalue weighted by Crippen LogP contribution is -2.41. The first-order chi connectivity index (χ1) is 13.9. The highest BCUT2D eigenvalue weighted by Crippen LogP contribution is 2.16. The Labute approximate surface area is 166 Å². The van der Waals surface area contributed by atoms with Crippen molar-refractivity contribution >= 4 is 17.5 Å². The first-order valence-corrected chi connectivity index (χ1v) is 8.89. The molecular weight excluding hydrogens is 374 g/mol. The van der Waals surface area contributed by atoms with Crippen LogP contribution in [0.2, 0.25) is 0 Å². The quantitative estimate of drug-likeness (QED) is 0.510. The second-order valence-corrected chi connectivity index (χ2v) is 6.32. The summed E-state index contributed by atoms with van der Waals surface area (Å²) in [5.74, 6) is -1.09. The van der Waals surface area contributed by atoms with Crippen molar-refractivity contribution < 1.29 is 14.5 Å². The minimum absolute atomic E-state index is 0.123. The van der Waals surface area contributed by atoms with Gasteiger partial charge in [-0.1, -0.05) is 24.6 Å². The van der Waals surface area contributed by atoms with Crippen LogP contribution in [0.15, 0.2) is 54.7 Å². The van der Waals surface area contributed by atoms with Crippen molar-refractivity contribution in [2.24, 2.45) is 0 Å². The van der Waals surface area contributed by atoms with Crippen molar-refractivity contribution in [3.05, 3.63) is 87.2 Å². The minimum Gasteiger partial charge on any atom is -0.267 e. The molecule has 1 heterocycles. The molecule has 0 spiro atoms. The second kappa shape index (κ2) is 8.34. The van der Waals surface area contributed by atoms with E-state index in [9.17, 15) is 19.7 Å². The smallest absolute Gasteiger partial charge is 0.267 e. The van der Waals surface area contributed by atoms with Crippen LogP contribution < -0.4 is 10.9 Å². The number of hydrogen-bond acceptors (Lipinski definition) is 5. The standard InChI is InChI=1S/C20H19N5O4/c1-3-18-17(12-21-24(18)15-8-4-13(2)5-9-15)20(27)23-22-19(26)14-6-10-16(11-7-14)25(28)29/h4-12H,3H2,1-2H3,(H,22,26)(H,23,27). The van der Waals surface area contributed by atoms with Crippen LogP contribution in [0.5, 0.6) is 0 Å². The number of amides is 2. The molecule has 9 heteroatoms. The molecule has 9 nitrogen and oxygen atoms in total. The number of nitro benzene ring substituents is 1. The zero-order valence-corrected chi connectivity index (χ0v) is 15.9. The summed E-state index contributed by atoms with van der Waals surface area (Å²) < 4.78 is 1.69. The molecule has 3 rings (SSSR count). The van der Waals surface area contributed by atoms with Gasteiger partial charge in [-0.15, -0.1) is 0 Å². The summed E-state index contributed by atoms with van der Waals surface area (Å²) in [5.41, 5.74) is 7.73. The molecular formula is C20H19N5O4. The molecule has 2 aromatic carbocycles. The van der Waals surface area contributed by atoms with Crippen LogP contribution >= 0.6 is 0 Å². The second-order valence-electron chi connectivity index (χ2n) is 6.32. The van der Waals surface area contributed by atoms with Crippen LogP contribution in [-0.2, 0) is 6.42 Å². The number of hydrazine groups is 1. The zero-order chi connectivity index (χ0) is 21.0. The fourth-order valence-corrected chi connectivity index (χ4v) is 2.80. The molecule has 0 bridgehead atoms. The highest BCUT2D eigenvalue weighted by atomic mass is 16.6. The Kier molecular flexibility index (Phi) is 5.68. The number of hydrogen-bond donors (Lipinski definition) is 2. The van der Waals surface area contributed by atoms with Gasteiger partial charge in [0.05, 0.1) is 28.1 Å². The highest BCUT2D eigenvalue weighted by Gasteiger charge is 2.18. The van der Waals surface area contributed by atoms with Gasteiger partial charge in [-0.05, 0) is 37.6 Å². The Morgan fingerprint density at radius 2 is 1.66 bits per heavy atom. The number of non-ortho nitro benzene ring substituents is 1. The lowest BCUT2D eigenvalue weighted by molar-refractivity contribution is -0.384. The Balaban J connectivity index is 1.71. The lowest BCUT2D eigenvalue weighted by atomic mass is 10.2. The number of rotatable bonds is 5. The molecule has 3 aromatic rings. The van der Waals surface area contributed by atoms with Gasteiger partial charge >= 0.3 is 0 Å². The summed E-state index contributed by atoms with van der Waals surface area (Å²) >= 11 is 0. The minimum atomic E-state index is -0.586. The molecule has 2 amide bonds. The number of nitrogens with one attached hydrogen (secondary N) is 2. The fraction of sp³-hybridized carbons (Fsp3) is 0.150. The number of carbonyl (C=O) groups excluding carboxylic acids is 2. The van der Waals surface area contributed by atoms with Gasteiger partial charge in [0.2, 0.25) is 0 Å². The van der Waals surface area contributed by atoms with E-state index in [0.717, 1.165) is 11.3 Å². The summed E-state index contributed by atoms with van der Waals surface area (Å²) in [4.78, 5) is 34.8. The first kappa shape index (κ1) is 19.7. The Bertz CT molecular complexity index is 1060. The summed E-state index contributed by atoms with van der Waals surface area (Å²) in [7, 11) is 0. The van der Waals surface area contributed by atoms with E-state index in [1.54, 1.807) is 4.68 Å². The maximum absolute atomic E-state index is 12.5. The average Bonchev–Trinajstić information content (AvgIpc) is 3.16. The average molecular weight is 393 g/mol. The fourth-order valence-electron chi connectivity index (χ4n) is 2.80. The predicted molar refractivity (Wildman–Crippen MR) is 106 cm³/mol. The maximum Gasteiger partial charge on any atom is 0.273 e. The van der Waals surface area contributed by atoms with Crippen molar-refractivity contribution in [1.29, 1.82) is 0 Å². The molecule has 0 saturated carbocycles. The molecule has 0 aliphatic heterocycles. The summed E-state index contributed by atoms with van der Waals surface area (Å²) in [5, 5.41) is 15.0. The van der Waals surface area contributed by atoms with E-state index in [-0.39, 0.29) is 11.3 Å². The van der Waals surface area contributed by atoms with E-state index in [0.29, 0.717) is 17.7 Å². The molecule has 0 radical (unpaired) electrons. The summed E-state index contributed by atoms with van der Waals surface area (Å²) in [6.45, 7) is 3.90. The van der Waals surface area contributed by atoms with Crippen LogP contribution in [0.1, 0.15) is 38.9 Å². The third kappa shape index (κ3) is 4.29. The van der Waals surface area contributed by atoms with E-state index in [2.05, 4.69) is 16.0 Å². The Morgan fingerprint density at radius 3 is 2.24 bits per heavy atom. The first-order valence-electron chi connectivity index (χ1n) is 8.89. The van der Waals surface area contributed by atoms with Crippen LogP contribution in [0.3, 0.4) is 0 Å². The molecule has 0 unspecified atom stereocenters. The largest absolute Gasteiger partial charge is 0.273 e. The molecule has 0 fully saturated rings. The van der Waals surface area contributed by atoms with E-state index in [1.807, 2.05) is 38.1 Å². The van der Waals surface area contributed by atoms with Crippen LogP contribution in [0.4, 0.5) is 5.69 Å². The highest BCUT2D eigenvalue weighted by molar-refractivity contribution is 5.99. The molecule has 148 valence electrons. The monoisotopic (exact) mass is 393 g/mol. The molecule has 0 saturated heterocycles. The molecule has 0 atom stereocenters. The summed E-state index contributed by atoms with van der Waals surface area (Å²) in [6, 6.07) is 12.8. The number of carbonyl (C=O) groups is 2. The third-order valence-electron chi connectivity index (χ3n) is 4.36. The topological polar surface area (TPSA) is 119 Å². The van der Waals surface area contributed by atoms with Crippen molar-refractivity contribution in [2.45, 2.75) is 20.3 Å².